The first kappa shape index (κ1) is 9.36. The summed E-state index contributed by atoms with van der Waals surface area (Å²) in [6, 6.07) is 6.80. The molecule has 1 aromatic carbocycles. The number of benzene rings is 1. The van der Waals surface area contributed by atoms with Crippen molar-refractivity contribution in [3.63, 3.8) is 0 Å². The Hall–Kier alpha value is -1.73. The topological polar surface area (TPSA) is 88.2 Å². The van der Waals surface area contributed by atoms with Crippen molar-refractivity contribution in [1.29, 1.82) is 5.26 Å². The second-order valence-electron chi connectivity index (χ2n) is 2.28. The van der Waals surface area contributed by atoms with Crippen molar-refractivity contribution in [3.05, 3.63) is 28.8 Å². The van der Waals surface area contributed by atoms with Crippen LogP contribution in [0.5, 0.6) is 0 Å². The molecule has 0 aliphatic heterocycles. The number of halogens is 1. The average Bonchev–Trinajstić information content (AvgIpc) is 2.08. The van der Waals surface area contributed by atoms with Crippen LogP contribution < -0.4 is 11.5 Å². The standard InChI is InChI=1S/C8H7ClN4/c9-6-3-1-2-5(4-10)7(6)13-8(11)12/h1-3H,(H4,11,12,13). The third-order valence-corrected chi connectivity index (χ3v) is 1.65. The van der Waals surface area contributed by atoms with Crippen molar-refractivity contribution in [3.8, 4) is 6.07 Å². The average molecular weight is 195 g/mol. The molecule has 4 N–H and O–H groups in total. The van der Waals surface area contributed by atoms with E-state index in [4.69, 9.17) is 28.3 Å². The van der Waals surface area contributed by atoms with Crippen LogP contribution in [0.15, 0.2) is 23.2 Å². The Morgan fingerprint density at radius 1 is 1.46 bits per heavy atom. The fourth-order valence-electron chi connectivity index (χ4n) is 0.848. The molecule has 5 heteroatoms. The second-order valence-corrected chi connectivity index (χ2v) is 2.69. The van der Waals surface area contributed by atoms with Crippen LogP contribution in [0.1, 0.15) is 5.56 Å². The van der Waals surface area contributed by atoms with Crippen molar-refractivity contribution in [2.24, 2.45) is 16.5 Å². The summed E-state index contributed by atoms with van der Waals surface area (Å²) in [4.78, 5) is 3.75. The molecule has 4 nitrogen and oxygen atoms in total. The molecule has 0 saturated heterocycles. The van der Waals surface area contributed by atoms with Crippen LogP contribution in [0.3, 0.4) is 0 Å². The van der Waals surface area contributed by atoms with Gasteiger partial charge in [0, 0.05) is 0 Å². The van der Waals surface area contributed by atoms with Crippen LogP contribution in [0.25, 0.3) is 0 Å². The second kappa shape index (κ2) is 3.78. The molecule has 0 aromatic heterocycles. The summed E-state index contributed by atoms with van der Waals surface area (Å²) < 4.78 is 0. The van der Waals surface area contributed by atoms with Crippen LogP contribution in [0.2, 0.25) is 5.02 Å². The van der Waals surface area contributed by atoms with Crippen molar-refractivity contribution in [1.82, 2.24) is 0 Å². The van der Waals surface area contributed by atoms with E-state index in [2.05, 4.69) is 4.99 Å². The normalized spacial score (nSPS) is 8.92. The maximum atomic E-state index is 8.70. The van der Waals surface area contributed by atoms with E-state index in [0.29, 0.717) is 16.3 Å². The van der Waals surface area contributed by atoms with Gasteiger partial charge in [0.05, 0.1) is 10.6 Å². The van der Waals surface area contributed by atoms with Gasteiger partial charge in [0.1, 0.15) is 11.8 Å². The number of para-hydroxylation sites is 1. The molecule has 0 radical (unpaired) electrons. The summed E-state index contributed by atoms with van der Waals surface area (Å²) in [5, 5.41) is 9.05. The van der Waals surface area contributed by atoms with Crippen molar-refractivity contribution < 1.29 is 0 Å². The first-order valence-corrected chi connectivity index (χ1v) is 3.81. The van der Waals surface area contributed by atoms with Gasteiger partial charge in [-0.1, -0.05) is 17.7 Å². The molecule has 0 aliphatic rings. The lowest BCUT2D eigenvalue weighted by atomic mass is 10.2. The third kappa shape index (κ3) is 2.10. The number of nitriles is 1. The highest BCUT2D eigenvalue weighted by molar-refractivity contribution is 6.33. The Kier molecular flexibility index (Phi) is 2.72. The zero-order valence-corrected chi connectivity index (χ0v) is 7.42. The minimum absolute atomic E-state index is 0.121. The summed E-state index contributed by atoms with van der Waals surface area (Å²) in [6.07, 6.45) is 0. The lowest BCUT2D eigenvalue weighted by molar-refractivity contribution is 1.39. The molecular formula is C8H7ClN4. The lowest BCUT2D eigenvalue weighted by Crippen LogP contribution is -2.22. The van der Waals surface area contributed by atoms with Crippen LogP contribution in [0, 0.1) is 11.3 Å². The first-order valence-electron chi connectivity index (χ1n) is 3.43. The summed E-state index contributed by atoms with van der Waals surface area (Å²) in [5.41, 5.74) is 11.0. The van der Waals surface area contributed by atoms with E-state index >= 15 is 0 Å². The minimum atomic E-state index is -0.121. The van der Waals surface area contributed by atoms with Gasteiger partial charge in [-0.2, -0.15) is 5.26 Å². The molecule has 1 rings (SSSR count). The maximum absolute atomic E-state index is 8.70. The predicted octanol–water partition coefficient (Wildman–Crippen LogP) is 1.12. The number of nitrogens with zero attached hydrogens (tertiary/aromatic N) is 2. The van der Waals surface area contributed by atoms with Crippen LogP contribution in [-0.2, 0) is 0 Å². The molecule has 0 fully saturated rings. The Bertz CT molecular complexity index is 388. The molecule has 1 aromatic rings. The molecule has 0 aliphatic carbocycles. The molecule has 0 heterocycles. The first-order chi connectivity index (χ1) is 6.15. The molecular weight excluding hydrogens is 188 g/mol. The van der Waals surface area contributed by atoms with E-state index in [1.54, 1.807) is 18.2 Å². The Morgan fingerprint density at radius 3 is 2.69 bits per heavy atom. The van der Waals surface area contributed by atoms with Gasteiger partial charge in [-0.25, -0.2) is 4.99 Å². The quantitative estimate of drug-likeness (QED) is 0.519. The van der Waals surface area contributed by atoms with Gasteiger partial charge in [0.15, 0.2) is 5.96 Å². The predicted molar refractivity (Wildman–Crippen MR) is 51.6 cm³/mol. The van der Waals surface area contributed by atoms with Crippen molar-refractivity contribution in [2.45, 2.75) is 0 Å². The number of guanidine groups is 1. The minimum Gasteiger partial charge on any atom is -0.370 e. The Labute approximate surface area is 80.4 Å². The Balaban J connectivity index is 3.34. The van der Waals surface area contributed by atoms with Gasteiger partial charge < -0.3 is 11.5 Å². The van der Waals surface area contributed by atoms with Gasteiger partial charge in [0.2, 0.25) is 0 Å². The highest BCUT2D eigenvalue weighted by atomic mass is 35.5. The summed E-state index contributed by atoms with van der Waals surface area (Å²) in [5.74, 6) is -0.121. The van der Waals surface area contributed by atoms with E-state index in [0.717, 1.165) is 0 Å². The fraction of sp³-hybridized carbons (Fsp3) is 0. The number of nitrogens with two attached hydrogens (primary N) is 2. The SMILES string of the molecule is N#Cc1cccc(Cl)c1N=C(N)N. The van der Waals surface area contributed by atoms with Gasteiger partial charge in [-0.3, -0.25) is 0 Å². The monoisotopic (exact) mass is 194 g/mol. The van der Waals surface area contributed by atoms with Crippen molar-refractivity contribution in [2.75, 3.05) is 0 Å². The number of aliphatic imine (C=N–C) groups is 1. The highest BCUT2D eigenvalue weighted by Gasteiger charge is 2.04. The van der Waals surface area contributed by atoms with Crippen LogP contribution >= 0.6 is 11.6 Å². The van der Waals surface area contributed by atoms with Crippen LogP contribution in [-0.4, -0.2) is 5.96 Å². The number of hydrogen-bond acceptors (Lipinski definition) is 2. The molecule has 0 unspecified atom stereocenters. The maximum Gasteiger partial charge on any atom is 0.191 e. The third-order valence-electron chi connectivity index (χ3n) is 1.35. The van der Waals surface area contributed by atoms with E-state index in [-0.39, 0.29) is 5.96 Å². The van der Waals surface area contributed by atoms with Crippen LogP contribution in [0.4, 0.5) is 5.69 Å². The van der Waals surface area contributed by atoms with E-state index in [9.17, 15) is 0 Å². The van der Waals surface area contributed by atoms with E-state index in [1.165, 1.54) is 0 Å². The molecule has 0 saturated carbocycles. The zero-order chi connectivity index (χ0) is 9.84. The fourth-order valence-corrected chi connectivity index (χ4v) is 1.07. The number of hydrogen-bond donors (Lipinski definition) is 2. The zero-order valence-electron chi connectivity index (χ0n) is 6.66. The summed E-state index contributed by atoms with van der Waals surface area (Å²) >= 11 is 5.78. The molecule has 0 bridgehead atoms. The molecule has 0 amide bonds. The smallest absolute Gasteiger partial charge is 0.191 e. The van der Waals surface area contributed by atoms with Gasteiger partial charge in [-0.15, -0.1) is 0 Å². The van der Waals surface area contributed by atoms with E-state index < -0.39 is 0 Å². The largest absolute Gasteiger partial charge is 0.370 e. The van der Waals surface area contributed by atoms with E-state index in [1.807, 2.05) is 6.07 Å². The highest BCUT2D eigenvalue weighted by Crippen LogP contribution is 2.27. The molecule has 0 spiro atoms. The lowest BCUT2D eigenvalue weighted by Gasteiger charge is -1.99. The molecule has 66 valence electrons. The van der Waals surface area contributed by atoms with Gasteiger partial charge in [0.25, 0.3) is 0 Å². The summed E-state index contributed by atoms with van der Waals surface area (Å²) in [7, 11) is 0. The van der Waals surface area contributed by atoms with Gasteiger partial charge in [-0.05, 0) is 12.1 Å². The van der Waals surface area contributed by atoms with Gasteiger partial charge >= 0.3 is 0 Å². The summed E-state index contributed by atoms with van der Waals surface area (Å²) in [6.45, 7) is 0. The number of rotatable bonds is 1. The molecule has 0 atom stereocenters. The van der Waals surface area contributed by atoms with Crippen molar-refractivity contribution >= 4 is 23.2 Å². The Morgan fingerprint density at radius 2 is 2.15 bits per heavy atom. The molecule has 13 heavy (non-hydrogen) atoms.